The Labute approximate surface area is 186 Å². The monoisotopic (exact) mass is 429 g/mol. The number of anilines is 2. The highest BCUT2D eigenvalue weighted by Gasteiger charge is 2.24. The molecule has 3 N–H and O–H groups in total. The molecule has 1 amide bonds. The third kappa shape index (κ3) is 4.12. The minimum atomic E-state index is -0.282. The third-order valence-corrected chi connectivity index (χ3v) is 5.10. The van der Waals surface area contributed by atoms with Crippen molar-refractivity contribution in [1.82, 2.24) is 20.0 Å². The minimum Gasteiger partial charge on any atom is -0.383 e. The van der Waals surface area contributed by atoms with Crippen LogP contribution in [0.2, 0.25) is 0 Å². The number of nitrogens with one attached hydrogen (secondary N) is 1. The van der Waals surface area contributed by atoms with Gasteiger partial charge in [0.2, 0.25) is 0 Å². The highest BCUT2D eigenvalue weighted by molar-refractivity contribution is 6.10. The van der Waals surface area contributed by atoms with Crippen molar-refractivity contribution in [3.05, 3.63) is 59.7 Å². The van der Waals surface area contributed by atoms with Crippen molar-refractivity contribution in [1.29, 1.82) is 0 Å². The summed E-state index contributed by atoms with van der Waals surface area (Å²) in [4.78, 5) is 24.4. The lowest BCUT2D eigenvalue weighted by atomic mass is 10.2. The number of benzene rings is 2. The number of hydrogen-bond acceptors (Lipinski definition) is 6. The molecule has 2 aromatic carbocycles. The van der Waals surface area contributed by atoms with Gasteiger partial charge in [0.25, 0.3) is 5.91 Å². The molecule has 4 rings (SSSR count). The van der Waals surface area contributed by atoms with Crippen molar-refractivity contribution in [3.8, 4) is 0 Å². The van der Waals surface area contributed by atoms with Crippen molar-refractivity contribution in [2.75, 3.05) is 31.3 Å². The quantitative estimate of drug-likeness (QED) is 0.457. The molecule has 0 aliphatic rings. The van der Waals surface area contributed by atoms with Gasteiger partial charge in [0.05, 0.1) is 17.2 Å². The van der Waals surface area contributed by atoms with E-state index < -0.39 is 0 Å². The maximum atomic E-state index is 13.0. The molecule has 0 unspecified atom stereocenters. The molecular weight excluding hydrogens is 402 g/mol. The Bertz CT molecular complexity index is 1300. The summed E-state index contributed by atoms with van der Waals surface area (Å²) >= 11 is 0. The summed E-state index contributed by atoms with van der Waals surface area (Å²) in [6.45, 7) is 4.60. The molecule has 164 valence electrons. The number of rotatable bonds is 6. The van der Waals surface area contributed by atoms with E-state index in [0.717, 1.165) is 11.3 Å². The highest BCUT2D eigenvalue weighted by Crippen LogP contribution is 2.28. The maximum Gasteiger partial charge on any atom is 0.257 e. The van der Waals surface area contributed by atoms with E-state index in [1.54, 1.807) is 6.21 Å². The molecule has 0 saturated carbocycles. The first kappa shape index (κ1) is 21.3. The SMILES string of the molecule is CC(C)CNC(=O)c1c(N)n(/N=C\c2ccc(N(C)C)cc2)c2nc3ccccc3nc12. The van der Waals surface area contributed by atoms with E-state index in [-0.39, 0.29) is 11.7 Å². The van der Waals surface area contributed by atoms with Crippen LogP contribution in [-0.2, 0) is 0 Å². The lowest BCUT2D eigenvalue weighted by molar-refractivity contribution is 0.0951. The van der Waals surface area contributed by atoms with Crippen LogP contribution in [0.1, 0.15) is 29.8 Å². The number of fused-ring (bicyclic) bond motifs is 2. The molecule has 8 nitrogen and oxygen atoms in total. The molecule has 4 aromatic rings. The normalized spacial score (nSPS) is 11.7. The molecule has 0 aliphatic carbocycles. The number of amides is 1. The van der Waals surface area contributed by atoms with E-state index in [9.17, 15) is 4.79 Å². The summed E-state index contributed by atoms with van der Waals surface area (Å²) in [7, 11) is 3.98. The van der Waals surface area contributed by atoms with Gasteiger partial charge in [0.15, 0.2) is 5.65 Å². The minimum absolute atomic E-state index is 0.206. The third-order valence-electron chi connectivity index (χ3n) is 5.10. The van der Waals surface area contributed by atoms with E-state index in [4.69, 9.17) is 10.7 Å². The number of nitrogens with two attached hydrogens (primary N) is 1. The van der Waals surface area contributed by atoms with Crippen LogP contribution in [0.15, 0.2) is 53.6 Å². The van der Waals surface area contributed by atoms with Gasteiger partial charge >= 0.3 is 0 Å². The Morgan fingerprint density at radius 2 is 1.78 bits per heavy atom. The standard InChI is InChI=1S/C24H27N7O/c1-15(2)13-26-24(32)20-21-23(29-19-8-6-5-7-18(19)28-21)31(22(20)25)27-14-16-9-11-17(12-10-16)30(3)4/h5-12,14-15H,13,25H2,1-4H3,(H,26,32)/b27-14-. The van der Waals surface area contributed by atoms with Gasteiger partial charge in [-0.05, 0) is 35.7 Å². The average Bonchev–Trinajstić information content (AvgIpc) is 3.04. The Kier molecular flexibility index (Phi) is 5.77. The van der Waals surface area contributed by atoms with E-state index in [1.165, 1.54) is 4.68 Å². The van der Waals surface area contributed by atoms with Crippen LogP contribution in [0, 0.1) is 5.92 Å². The van der Waals surface area contributed by atoms with Gasteiger partial charge in [-0.1, -0.05) is 38.1 Å². The van der Waals surface area contributed by atoms with Gasteiger partial charge in [-0.2, -0.15) is 9.78 Å². The summed E-state index contributed by atoms with van der Waals surface area (Å²) < 4.78 is 1.49. The number of nitrogen functional groups attached to an aromatic ring is 1. The molecule has 0 atom stereocenters. The Morgan fingerprint density at radius 3 is 2.41 bits per heavy atom. The van der Waals surface area contributed by atoms with Crippen LogP contribution >= 0.6 is 0 Å². The topological polar surface area (TPSA) is 101 Å². The second-order valence-corrected chi connectivity index (χ2v) is 8.29. The zero-order chi connectivity index (χ0) is 22.8. The van der Waals surface area contributed by atoms with Gasteiger partial charge in [-0.3, -0.25) is 4.79 Å². The van der Waals surface area contributed by atoms with Crippen molar-refractivity contribution in [3.63, 3.8) is 0 Å². The molecule has 0 spiro atoms. The molecule has 2 heterocycles. The fourth-order valence-corrected chi connectivity index (χ4v) is 3.36. The summed E-state index contributed by atoms with van der Waals surface area (Å²) in [5, 5.41) is 7.48. The summed E-state index contributed by atoms with van der Waals surface area (Å²) in [5.41, 5.74) is 11.0. The molecule has 0 fully saturated rings. The lowest BCUT2D eigenvalue weighted by Crippen LogP contribution is -2.28. The molecule has 8 heteroatoms. The van der Waals surface area contributed by atoms with Crippen molar-refractivity contribution >= 4 is 45.8 Å². The average molecular weight is 430 g/mol. The largest absolute Gasteiger partial charge is 0.383 e. The molecule has 32 heavy (non-hydrogen) atoms. The van der Waals surface area contributed by atoms with Gasteiger partial charge in [0.1, 0.15) is 16.9 Å². The predicted molar refractivity (Wildman–Crippen MR) is 130 cm³/mol. The molecule has 2 aromatic heterocycles. The van der Waals surface area contributed by atoms with Crippen LogP contribution in [0.4, 0.5) is 11.5 Å². The molecule has 0 aliphatic heterocycles. The van der Waals surface area contributed by atoms with Crippen molar-refractivity contribution in [2.24, 2.45) is 11.0 Å². The first-order valence-corrected chi connectivity index (χ1v) is 10.5. The molecule has 0 saturated heterocycles. The molecular formula is C24H27N7O. The van der Waals surface area contributed by atoms with Crippen LogP contribution in [0.5, 0.6) is 0 Å². The Balaban J connectivity index is 1.82. The zero-order valence-corrected chi connectivity index (χ0v) is 18.7. The van der Waals surface area contributed by atoms with Gasteiger partial charge in [0, 0.05) is 26.3 Å². The Morgan fingerprint density at radius 1 is 1.12 bits per heavy atom. The van der Waals surface area contributed by atoms with Crippen molar-refractivity contribution in [2.45, 2.75) is 13.8 Å². The lowest BCUT2D eigenvalue weighted by Gasteiger charge is -2.11. The number of nitrogens with zero attached hydrogens (tertiary/aromatic N) is 5. The van der Waals surface area contributed by atoms with E-state index in [2.05, 4.69) is 15.4 Å². The maximum absolute atomic E-state index is 13.0. The summed E-state index contributed by atoms with van der Waals surface area (Å²) in [6, 6.07) is 15.5. The summed E-state index contributed by atoms with van der Waals surface area (Å²) in [6.07, 6.45) is 1.70. The highest BCUT2D eigenvalue weighted by atomic mass is 16.1. The van der Waals surface area contributed by atoms with Crippen molar-refractivity contribution < 1.29 is 4.79 Å². The summed E-state index contributed by atoms with van der Waals surface area (Å²) in [5.74, 6) is 0.233. The van der Waals surface area contributed by atoms with Crippen LogP contribution in [0.3, 0.4) is 0 Å². The fourth-order valence-electron chi connectivity index (χ4n) is 3.36. The second-order valence-electron chi connectivity index (χ2n) is 8.29. The first-order valence-electron chi connectivity index (χ1n) is 10.5. The molecule has 0 radical (unpaired) electrons. The van der Waals surface area contributed by atoms with E-state index in [0.29, 0.717) is 40.2 Å². The van der Waals surface area contributed by atoms with E-state index in [1.807, 2.05) is 81.4 Å². The van der Waals surface area contributed by atoms with Gasteiger partial charge in [-0.15, -0.1) is 0 Å². The molecule has 0 bridgehead atoms. The number of carbonyl (C=O) groups is 1. The predicted octanol–water partition coefficient (Wildman–Crippen LogP) is 3.50. The fraction of sp³-hybridized carbons (Fsp3) is 0.250. The number of para-hydroxylation sites is 2. The van der Waals surface area contributed by atoms with Gasteiger partial charge in [-0.25, -0.2) is 9.97 Å². The van der Waals surface area contributed by atoms with Crippen LogP contribution < -0.4 is 16.0 Å². The van der Waals surface area contributed by atoms with E-state index >= 15 is 0 Å². The van der Waals surface area contributed by atoms with Gasteiger partial charge < -0.3 is 16.0 Å². The zero-order valence-electron chi connectivity index (χ0n) is 18.7. The Hall–Kier alpha value is -3.94. The first-order chi connectivity index (χ1) is 15.3. The van der Waals surface area contributed by atoms with Crippen LogP contribution in [-0.4, -0.2) is 47.4 Å². The number of aromatic nitrogens is 3. The van der Waals surface area contributed by atoms with Crippen LogP contribution in [0.25, 0.3) is 22.2 Å². The number of hydrogen-bond donors (Lipinski definition) is 2. The number of carbonyl (C=O) groups excluding carboxylic acids is 1. The smallest absolute Gasteiger partial charge is 0.257 e. The second kappa shape index (κ2) is 8.66.